The smallest absolute Gasteiger partial charge is 0.335 e. The van der Waals surface area contributed by atoms with Gasteiger partial charge in [-0.2, -0.15) is 0 Å². The number of benzene rings is 1. The number of rotatable bonds is 13. The quantitative estimate of drug-likeness (QED) is 0.307. The lowest BCUT2D eigenvalue weighted by atomic mass is 10.1. The lowest BCUT2D eigenvalue weighted by molar-refractivity contribution is -0.118. The van der Waals surface area contributed by atoms with Crippen LogP contribution in [0.25, 0.3) is 0 Å². The number of carboxylic acid groups (broad SMARTS) is 1. The van der Waals surface area contributed by atoms with Crippen molar-refractivity contribution < 1.29 is 24.2 Å². The number of nitrogens with one attached hydrogen (secondary N) is 2. The number of hydrogen-bond donors (Lipinski definition) is 4. The molecule has 0 heterocycles. The largest absolute Gasteiger partial charge is 0.478 e. The Balaban J connectivity index is 2.14. The monoisotopic (exact) mass is 384 g/mol. The van der Waals surface area contributed by atoms with Gasteiger partial charge in [-0.15, -0.1) is 0 Å². The van der Waals surface area contributed by atoms with Crippen LogP contribution >= 0.6 is 7.37 Å². The number of aromatic carboxylic acids is 1. The van der Waals surface area contributed by atoms with Gasteiger partial charge in [0.2, 0.25) is 13.3 Å². The van der Waals surface area contributed by atoms with Gasteiger partial charge in [0.05, 0.1) is 5.56 Å². The van der Waals surface area contributed by atoms with Crippen molar-refractivity contribution in [2.24, 2.45) is 0 Å². The van der Waals surface area contributed by atoms with E-state index in [1.807, 2.05) is 6.07 Å². The highest BCUT2D eigenvalue weighted by Crippen LogP contribution is 2.41. The molecule has 1 aromatic rings. The topological polar surface area (TPSA) is 116 Å². The molecule has 1 atom stereocenters. The van der Waals surface area contributed by atoms with Gasteiger partial charge in [0.25, 0.3) is 0 Å². The molecule has 4 N–H and O–H groups in total. The molecule has 0 radical (unpaired) electrons. The molecule has 0 aliphatic heterocycles. The van der Waals surface area contributed by atoms with E-state index in [0.29, 0.717) is 38.6 Å². The Hall–Kier alpha value is -1.69. The molecule has 146 valence electrons. The predicted octanol–water partition coefficient (Wildman–Crippen LogP) is 2.44. The fraction of sp³-hybridized carbons (Fsp3) is 0.556. The van der Waals surface area contributed by atoms with Crippen molar-refractivity contribution in [3.63, 3.8) is 0 Å². The van der Waals surface area contributed by atoms with Crippen molar-refractivity contribution in [3.8, 4) is 0 Å². The fourth-order valence-corrected chi connectivity index (χ4v) is 4.13. The van der Waals surface area contributed by atoms with Crippen molar-refractivity contribution >= 4 is 19.2 Å². The Bertz CT molecular complexity index is 636. The van der Waals surface area contributed by atoms with Gasteiger partial charge in [0, 0.05) is 32.3 Å². The summed E-state index contributed by atoms with van der Waals surface area (Å²) >= 11 is 0. The molecule has 0 aromatic heterocycles. The van der Waals surface area contributed by atoms with E-state index in [2.05, 4.69) is 10.6 Å². The van der Waals surface area contributed by atoms with Crippen LogP contribution in [0.15, 0.2) is 24.3 Å². The van der Waals surface area contributed by atoms with Crippen LogP contribution in [0.2, 0.25) is 0 Å². The van der Waals surface area contributed by atoms with E-state index in [4.69, 9.17) is 5.11 Å². The first kappa shape index (κ1) is 22.4. The van der Waals surface area contributed by atoms with Crippen molar-refractivity contribution in [3.05, 3.63) is 35.4 Å². The first-order valence-corrected chi connectivity index (χ1v) is 10.9. The molecule has 0 aliphatic carbocycles. The molecule has 0 fully saturated rings. The van der Waals surface area contributed by atoms with Gasteiger partial charge in [-0.1, -0.05) is 18.6 Å². The highest BCUT2D eigenvalue weighted by atomic mass is 31.2. The lowest BCUT2D eigenvalue weighted by Gasteiger charge is -2.12. The van der Waals surface area contributed by atoms with Crippen LogP contribution < -0.4 is 10.6 Å². The summed E-state index contributed by atoms with van der Waals surface area (Å²) in [5.41, 5.74) is 1.12. The third-order valence-corrected chi connectivity index (χ3v) is 5.95. The minimum absolute atomic E-state index is 0.0555. The summed E-state index contributed by atoms with van der Waals surface area (Å²) in [6, 6.07) is 6.71. The second kappa shape index (κ2) is 11.8. The van der Waals surface area contributed by atoms with Gasteiger partial charge >= 0.3 is 5.97 Å². The van der Waals surface area contributed by atoms with Crippen LogP contribution in [0, 0.1) is 0 Å². The molecule has 26 heavy (non-hydrogen) atoms. The van der Waals surface area contributed by atoms with Crippen molar-refractivity contribution in [1.29, 1.82) is 0 Å². The number of unbranched alkanes of at least 4 members (excludes halogenated alkanes) is 2. The van der Waals surface area contributed by atoms with Gasteiger partial charge in [0.15, 0.2) is 0 Å². The van der Waals surface area contributed by atoms with Crippen LogP contribution in [0.3, 0.4) is 0 Å². The van der Waals surface area contributed by atoms with E-state index >= 15 is 0 Å². The molecule has 1 rings (SSSR count). The molecule has 1 amide bonds. The first-order valence-electron chi connectivity index (χ1n) is 8.88. The standard InChI is InChI=1S/C18H29N2O5P/c1-15(21)20-10-3-2-4-11-26(24,25)12-6-9-19-14-16-7-5-8-17(13-16)18(22)23/h5,7-8,13,19H,2-4,6,9-12,14H2,1H3,(H,20,21)(H,22,23)(H,24,25). The van der Waals surface area contributed by atoms with Crippen molar-refractivity contribution in [1.82, 2.24) is 10.6 Å². The van der Waals surface area contributed by atoms with Crippen LogP contribution in [0.1, 0.15) is 48.5 Å². The molecule has 0 saturated heterocycles. The number of carbonyl (C=O) groups is 2. The van der Waals surface area contributed by atoms with E-state index in [-0.39, 0.29) is 17.6 Å². The number of carbonyl (C=O) groups excluding carboxylic acids is 1. The molecule has 0 aliphatic rings. The zero-order valence-corrected chi connectivity index (χ0v) is 16.1. The average molecular weight is 384 g/mol. The summed E-state index contributed by atoms with van der Waals surface area (Å²) in [6.45, 7) is 3.21. The molecule has 0 bridgehead atoms. The summed E-state index contributed by atoms with van der Waals surface area (Å²) < 4.78 is 12.1. The molecular weight excluding hydrogens is 355 g/mol. The summed E-state index contributed by atoms with van der Waals surface area (Å²) in [4.78, 5) is 31.6. The van der Waals surface area contributed by atoms with Gasteiger partial charge in [-0.3, -0.25) is 9.36 Å². The molecule has 1 aromatic carbocycles. The Kier molecular flexibility index (Phi) is 10.2. The fourth-order valence-electron chi connectivity index (χ4n) is 2.54. The van der Waals surface area contributed by atoms with Crippen molar-refractivity contribution in [2.45, 2.75) is 39.2 Å². The maximum Gasteiger partial charge on any atom is 0.335 e. The summed E-state index contributed by atoms with van der Waals surface area (Å²) in [5, 5.41) is 14.8. The highest BCUT2D eigenvalue weighted by Gasteiger charge is 2.16. The molecule has 0 spiro atoms. The maximum absolute atomic E-state index is 12.1. The second-order valence-electron chi connectivity index (χ2n) is 6.37. The third-order valence-electron chi connectivity index (χ3n) is 3.92. The van der Waals surface area contributed by atoms with Gasteiger partial charge < -0.3 is 20.6 Å². The SMILES string of the molecule is CC(=O)NCCCCCP(=O)(O)CCCNCc1cccc(C(=O)O)c1. The lowest BCUT2D eigenvalue weighted by Crippen LogP contribution is -2.20. The third kappa shape index (κ3) is 10.3. The maximum atomic E-state index is 12.1. The molecule has 8 heteroatoms. The van der Waals surface area contributed by atoms with Crippen LogP contribution in [0.5, 0.6) is 0 Å². The Labute approximate surface area is 154 Å². The van der Waals surface area contributed by atoms with Crippen molar-refractivity contribution in [2.75, 3.05) is 25.4 Å². The Morgan fingerprint density at radius 2 is 1.81 bits per heavy atom. The molecule has 7 nitrogen and oxygen atoms in total. The Morgan fingerprint density at radius 1 is 1.08 bits per heavy atom. The first-order chi connectivity index (χ1) is 12.3. The number of hydrogen-bond acceptors (Lipinski definition) is 4. The molecular formula is C18H29N2O5P. The Morgan fingerprint density at radius 3 is 2.50 bits per heavy atom. The van der Waals surface area contributed by atoms with E-state index in [9.17, 15) is 19.0 Å². The minimum atomic E-state index is -3.10. The molecule has 0 saturated carbocycles. The van der Waals surface area contributed by atoms with Gasteiger partial charge in [0.1, 0.15) is 0 Å². The van der Waals surface area contributed by atoms with E-state index < -0.39 is 13.3 Å². The predicted molar refractivity (Wildman–Crippen MR) is 102 cm³/mol. The van der Waals surface area contributed by atoms with E-state index in [0.717, 1.165) is 18.4 Å². The average Bonchev–Trinajstić information content (AvgIpc) is 2.57. The molecule has 1 unspecified atom stereocenters. The number of amides is 1. The van der Waals surface area contributed by atoms with Gasteiger partial charge in [-0.25, -0.2) is 4.79 Å². The minimum Gasteiger partial charge on any atom is -0.478 e. The number of carboxylic acids is 1. The highest BCUT2D eigenvalue weighted by molar-refractivity contribution is 7.57. The summed E-state index contributed by atoms with van der Waals surface area (Å²) in [5.74, 6) is -1.01. The van der Waals surface area contributed by atoms with Crippen LogP contribution in [-0.2, 0) is 15.9 Å². The van der Waals surface area contributed by atoms with Gasteiger partial charge in [-0.05, 0) is 43.5 Å². The summed E-state index contributed by atoms with van der Waals surface area (Å²) in [7, 11) is -3.10. The van der Waals surface area contributed by atoms with Crippen LogP contribution in [-0.4, -0.2) is 47.3 Å². The zero-order chi connectivity index (χ0) is 19.4. The van der Waals surface area contributed by atoms with Crippen LogP contribution in [0.4, 0.5) is 0 Å². The van der Waals surface area contributed by atoms with E-state index in [1.165, 1.54) is 6.92 Å². The summed E-state index contributed by atoms with van der Waals surface area (Å²) in [6.07, 6.45) is 3.51. The normalized spacial score (nSPS) is 13.2. The second-order valence-corrected chi connectivity index (χ2v) is 8.96. The zero-order valence-electron chi connectivity index (χ0n) is 15.2. The van der Waals surface area contributed by atoms with E-state index in [1.54, 1.807) is 18.2 Å².